The summed E-state index contributed by atoms with van der Waals surface area (Å²) in [6, 6.07) is 7.65. The molecule has 1 fully saturated rings. The number of anilines is 2. The maximum atomic E-state index is 12.2. The number of carboxylic acid groups (broad SMARTS) is 1. The van der Waals surface area contributed by atoms with Crippen molar-refractivity contribution >= 4 is 52.7 Å². The van der Waals surface area contributed by atoms with E-state index < -0.39 is 17.3 Å². The van der Waals surface area contributed by atoms with Crippen LogP contribution in [0.1, 0.15) is 43.7 Å². The number of benzene rings is 1. The fourth-order valence-electron chi connectivity index (χ4n) is 5.88. The molecule has 7 N–H and O–H groups in total. The molecule has 4 rings (SSSR count). The lowest BCUT2D eigenvalue weighted by molar-refractivity contribution is -0.138. The van der Waals surface area contributed by atoms with Gasteiger partial charge in [-0.3, -0.25) is 19.4 Å². The number of ether oxygens (including phenoxy) is 2. The Morgan fingerprint density at radius 2 is 1.86 bits per heavy atom. The van der Waals surface area contributed by atoms with Crippen molar-refractivity contribution in [3.63, 3.8) is 0 Å². The van der Waals surface area contributed by atoms with Crippen LogP contribution in [-0.4, -0.2) is 131 Å². The van der Waals surface area contributed by atoms with Crippen molar-refractivity contribution in [1.82, 2.24) is 29.7 Å². The first-order valence-corrected chi connectivity index (χ1v) is 18.6. The number of nitrogen functional groups attached to an aromatic ring is 1. The molecule has 2 unspecified atom stereocenters. The van der Waals surface area contributed by atoms with E-state index in [1.807, 2.05) is 12.3 Å². The molecule has 1 amide bonds. The quantitative estimate of drug-likeness (QED) is 0.0701. The number of methoxy groups -OCH3 is 1. The number of hydrogen-bond acceptors (Lipinski definition) is 13. The number of aldehydes is 1. The summed E-state index contributed by atoms with van der Waals surface area (Å²) in [7, 11) is 1.71. The molecule has 0 radical (unpaired) electrons. The molecule has 1 aliphatic heterocycles. The molecule has 3 aromatic rings. The number of carbonyl (C=O) groups is 3. The Morgan fingerprint density at radius 1 is 1.08 bits per heavy atom. The number of hydrogen-bond donors (Lipinski definition) is 5. The highest BCUT2D eigenvalue weighted by molar-refractivity contribution is 8.00. The van der Waals surface area contributed by atoms with Crippen LogP contribution < -0.4 is 26.8 Å². The zero-order chi connectivity index (χ0) is 36.6. The monoisotopic (exact) mass is 727 g/mol. The molecular weight excluding hydrogens is 675 g/mol. The molecule has 0 bridgehead atoms. The second kappa shape index (κ2) is 20.8. The summed E-state index contributed by atoms with van der Waals surface area (Å²) in [6.07, 6.45) is 5.75. The van der Waals surface area contributed by atoms with Gasteiger partial charge in [-0.15, -0.1) is 11.8 Å². The van der Waals surface area contributed by atoms with Crippen molar-refractivity contribution in [3.05, 3.63) is 41.6 Å². The smallest absolute Gasteiger partial charge is 0.317 e. The van der Waals surface area contributed by atoms with Crippen LogP contribution in [0.15, 0.2) is 30.5 Å². The standard InChI is InChI=1S/C35H53N9O6S/c1-3-4-5-9-39-33-32-28(40-35(37)41-33)8-11-44(32)22-26-7-6-25(19-29(26)49-2)21-43-14-12-42(13-15-43)16-18-50-17-10-38-31(46)20-30(34(47)48)51-24-27(36)23-45/h6-8,11,19,23,27,30H,3-5,9-10,12-18,20-22,24,36H2,1-2H3,(H,38,46)(H,47,48)(H3,37,39,40,41). The maximum absolute atomic E-state index is 12.2. The summed E-state index contributed by atoms with van der Waals surface area (Å²) >= 11 is 0.989. The number of thioether (sulfide) groups is 1. The highest BCUT2D eigenvalue weighted by Gasteiger charge is 2.23. The number of carboxylic acids is 1. The van der Waals surface area contributed by atoms with E-state index in [9.17, 15) is 19.5 Å². The number of piperazine rings is 1. The molecule has 1 saturated heterocycles. The highest BCUT2D eigenvalue weighted by Crippen LogP contribution is 2.27. The SMILES string of the molecule is CCCCCNc1nc(N)nc2ccn(Cc3ccc(CN4CCN(CCOCCNC(=O)CC(SCC(N)C=O)C(=O)O)CC4)cc3OC)c12. The zero-order valence-corrected chi connectivity index (χ0v) is 30.5. The van der Waals surface area contributed by atoms with Crippen LogP contribution >= 0.6 is 11.8 Å². The van der Waals surface area contributed by atoms with E-state index in [0.29, 0.717) is 32.6 Å². The predicted molar refractivity (Wildman–Crippen MR) is 200 cm³/mol. The zero-order valence-electron chi connectivity index (χ0n) is 29.7. The number of nitrogens with two attached hydrogens (primary N) is 2. The summed E-state index contributed by atoms with van der Waals surface area (Å²) < 4.78 is 13.7. The number of rotatable bonds is 23. The van der Waals surface area contributed by atoms with Gasteiger partial charge in [-0.05, 0) is 24.1 Å². The second-order valence-electron chi connectivity index (χ2n) is 12.6. The summed E-state index contributed by atoms with van der Waals surface area (Å²) in [6.45, 7) is 10.2. The van der Waals surface area contributed by atoms with Gasteiger partial charge in [-0.25, -0.2) is 4.98 Å². The average molecular weight is 728 g/mol. The van der Waals surface area contributed by atoms with E-state index >= 15 is 0 Å². The Morgan fingerprint density at radius 3 is 2.59 bits per heavy atom. The molecule has 280 valence electrons. The molecule has 0 saturated carbocycles. The molecule has 2 atom stereocenters. The van der Waals surface area contributed by atoms with Gasteiger partial charge in [-0.1, -0.05) is 31.9 Å². The minimum Gasteiger partial charge on any atom is -0.496 e. The van der Waals surface area contributed by atoms with E-state index in [0.717, 1.165) is 105 Å². The third kappa shape index (κ3) is 12.6. The largest absolute Gasteiger partial charge is 0.496 e. The van der Waals surface area contributed by atoms with Crippen LogP contribution in [0.2, 0.25) is 0 Å². The molecule has 15 nitrogen and oxygen atoms in total. The first kappa shape index (κ1) is 39.8. The van der Waals surface area contributed by atoms with Crippen molar-refractivity contribution in [2.75, 3.05) is 82.9 Å². The predicted octanol–water partition coefficient (Wildman–Crippen LogP) is 2.03. The first-order valence-electron chi connectivity index (χ1n) is 17.6. The van der Waals surface area contributed by atoms with Gasteiger partial charge in [0.25, 0.3) is 0 Å². The van der Waals surface area contributed by atoms with Crippen LogP contribution in [0, 0.1) is 0 Å². The molecule has 0 spiro atoms. The molecule has 16 heteroatoms. The van der Waals surface area contributed by atoms with Gasteiger partial charge in [0.05, 0.1) is 38.4 Å². The van der Waals surface area contributed by atoms with Gasteiger partial charge in [0.15, 0.2) is 5.82 Å². The number of unbranched alkanes of at least 4 members (excludes halogenated alkanes) is 2. The number of carbonyl (C=O) groups excluding carboxylic acids is 2. The number of nitrogens with zero attached hydrogens (tertiary/aromatic N) is 5. The van der Waals surface area contributed by atoms with Crippen LogP contribution in [0.5, 0.6) is 5.75 Å². The normalized spacial score (nSPS) is 15.0. The maximum Gasteiger partial charge on any atom is 0.317 e. The van der Waals surface area contributed by atoms with E-state index in [1.165, 1.54) is 5.56 Å². The van der Waals surface area contributed by atoms with Gasteiger partial charge in [0.2, 0.25) is 11.9 Å². The Labute approximate surface area is 303 Å². The lowest BCUT2D eigenvalue weighted by atomic mass is 10.1. The Kier molecular flexibility index (Phi) is 16.2. The molecule has 3 heterocycles. The van der Waals surface area contributed by atoms with Crippen molar-refractivity contribution < 1.29 is 29.0 Å². The highest BCUT2D eigenvalue weighted by atomic mass is 32.2. The summed E-state index contributed by atoms with van der Waals surface area (Å²) in [4.78, 5) is 48.0. The topological polar surface area (TPSA) is 203 Å². The summed E-state index contributed by atoms with van der Waals surface area (Å²) in [5, 5.41) is 14.5. The Bertz CT molecular complexity index is 1570. The van der Waals surface area contributed by atoms with Gasteiger partial charge in [0, 0.05) is 76.3 Å². The van der Waals surface area contributed by atoms with Crippen LogP contribution in [-0.2, 0) is 32.2 Å². The van der Waals surface area contributed by atoms with Gasteiger partial charge in [-0.2, -0.15) is 4.98 Å². The summed E-state index contributed by atoms with van der Waals surface area (Å²) in [5.74, 6) is 0.512. The van der Waals surface area contributed by atoms with Crippen LogP contribution in [0.3, 0.4) is 0 Å². The van der Waals surface area contributed by atoms with Gasteiger partial charge in [0.1, 0.15) is 22.8 Å². The molecule has 1 aliphatic rings. The minimum atomic E-state index is -1.11. The Hall–Kier alpha value is -3.96. The summed E-state index contributed by atoms with van der Waals surface area (Å²) in [5.41, 5.74) is 15.5. The third-order valence-corrected chi connectivity index (χ3v) is 10.0. The average Bonchev–Trinajstić information content (AvgIpc) is 3.52. The second-order valence-corrected chi connectivity index (χ2v) is 13.9. The van der Waals surface area contributed by atoms with Crippen LogP contribution in [0.25, 0.3) is 11.0 Å². The van der Waals surface area contributed by atoms with E-state index in [-0.39, 0.29) is 24.0 Å². The molecular formula is C35H53N9O6S. The Balaban J connectivity index is 1.17. The number of aromatic nitrogens is 3. The van der Waals surface area contributed by atoms with E-state index in [4.69, 9.17) is 20.9 Å². The van der Waals surface area contributed by atoms with Crippen molar-refractivity contribution in [2.24, 2.45) is 5.73 Å². The number of aliphatic carboxylic acids is 1. The van der Waals surface area contributed by atoms with Crippen molar-refractivity contribution in [1.29, 1.82) is 0 Å². The van der Waals surface area contributed by atoms with Crippen molar-refractivity contribution in [3.8, 4) is 5.75 Å². The van der Waals surface area contributed by atoms with E-state index in [1.54, 1.807) is 7.11 Å². The number of fused-ring (bicyclic) bond motifs is 1. The third-order valence-electron chi connectivity index (χ3n) is 8.70. The first-order chi connectivity index (χ1) is 24.7. The van der Waals surface area contributed by atoms with Gasteiger partial charge < -0.3 is 46.0 Å². The fourth-order valence-corrected chi connectivity index (χ4v) is 6.82. The molecule has 1 aromatic carbocycles. The fraction of sp³-hybridized carbons (Fsp3) is 0.571. The lowest BCUT2D eigenvalue weighted by Crippen LogP contribution is -2.46. The van der Waals surface area contributed by atoms with Crippen molar-refractivity contribution in [2.45, 2.75) is 57.0 Å². The molecule has 0 aliphatic carbocycles. The minimum absolute atomic E-state index is 0.145. The number of nitrogens with one attached hydrogen (secondary N) is 2. The lowest BCUT2D eigenvalue weighted by Gasteiger charge is -2.34. The van der Waals surface area contributed by atoms with Gasteiger partial charge >= 0.3 is 5.97 Å². The number of amides is 1. The van der Waals surface area contributed by atoms with Crippen LogP contribution in [0.4, 0.5) is 11.8 Å². The van der Waals surface area contributed by atoms with E-state index in [2.05, 4.69) is 60.1 Å². The molecule has 2 aromatic heterocycles. The molecule has 51 heavy (non-hydrogen) atoms.